The fourth-order valence-electron chi connectivity index (χ4n) is 1.95. The van der Waals surface area contributed by atoms with Gasteiger partial charge in [-0.2, -0.15) is 0 Å². The molecule has 0 radical (unpaired) electrons. The summed E-state index contributed by atoms with van der Waals surface area (Å²) in [7, 11) is 2.01. The van der Waals surface area contributed by atoms with E-state index in [1.54, 1.807) is 11.3 Å². The van der Waals surface area contributed by atoms with Gasteiger partial charge >= 0.3 is 0 Å². The highest BCUT2D eigenvalue weighted by Gasteiger charge is 2.13. The van der Waals surface area contributed by atoms with Crippen LogP contribution in [0.1, 0.15) is 29.0 Å². The van der Waals surface area contributed by atoms with E-state index in [1.807, 2.05) is 7.05 Å². The molecule has 2 rings (SSSR count). The van der Waals surface area contributed by atoms with Gasteiger partial charge in [-0.05, 0) is 46.6 Å². The second kappa shape index (κ2) is 5.80. The summed E-state index contributed by atoms with van der Waals surface area (Å²) in [4.78, 5) is 1.34. The van der Waals surface area contributed by atoms with E-state index >= 15 is 0 Å². The van der Waals surface area contributed by atoms with Crippen molar-refractivity contribution in [3.63, 3.8) is 0 Å². The number of thiophene rings is 1. The van der Waals surface area contributed by atoms with E-state index < -0.39 is 0 Å². The number of nitrogens with one attached hydrogen (secondary N) is 1. The normalized spacial score (nSPS) is 12.6. The van der Waals surface area contributed by atoms with E-state index in [4.69, 9.17) is 0 Å². The third-order valence-electron chi connectivity index (χ3n) is 2.85. The molecule has 1 nitrogen and oxygen atoms in total. The molecule has 0 aliphatic rings. The van der Waals surface area contributed by atoms with Crippen molar-refractivity contribution in [1.29, 1.82) is 0 Å². The van der Waals surface area contributed by atoms with Gasteiger partial charge in [0.05, 0.1) is 6.04 Å². The minimum Gasteiger partial charge on any atom is -0.309 e. The lowest BCUT2D eigenvalue weighted by Crippen LogP contribution is -2.16. The smallest absolute Gasteiger partial charge is 0.0669 e. The summed E-state index contributed by atoms with van der Waals surface area (Å²) in [6.07, 6.45) is 1.08. The molecule has 17 heavy (non-hydrogen) atoms. The van der Waals surface area contributed by atoms with Gasteiger partial charge in [0.25, 0.3) is 0 Å². The van der Waals surface area contributed by atoms with Crippen molar-refractivity contribution >= 4 is 27.3 Å². The number of aryl methyl sites for hydroxylation is 1. The average molecular weight is 310 g/mol. The largest absolute Gasteiger partial charge is 0.309 e. The third kappa shape index (κ3) is 2.97. The molecule has 1 aromatic heterocycles. The molecule has 2 aromatic rings. The fourth-order valence-corrected chi connectivity index (χ4v) is 3.53. The molecule has 0 saturated carbocycles. The van der Waals surface area contributed by atoms with Gasteiger partial charge in [0.1, 0.15) is 0 Å². The van der Waals surface area contributed by atoms with Gasteiger partial charge in [-0.3, -0.25) is 0 Å². The van der Waals surface area contributed by atoms with Gasteiger partial charge in [-0.25, -0.2) is 0 Å². The van der Waals surface area contributed by atoms with Crippen molar-refractivity contribution in [2.24, 2.45) is 0 Å². The van der Waals surface area contributed by atoms with Crippen molar-refractivity contribution in [3.8, 4) is 0 Å². The van der Waals surface area contributed by atoms with Crippen LogP contribution in [0, 0.1) is 0 Å². The summed E-state index contributed by atoms with van der Waals surface area (Å²) < 4.78 is 1.16. The zero-order valence-corrected chi connectivity index (χ0v) is 12.4. The van der Waals surface area contributed by atoms with Crippen LogP contribution in [0.15, 0.2) is 40.2 Å². The first-order valence-corrected chi connectivity index (χ1v) is 7.42. The van der Waals surface area contributed by atoms with Crippen molar-refractivity contribution in [1.82, 2.24) is 5.32 Å². The Balaban J connectivity index is 2.34. The summed E-state index contributed by atoms with van der Waals surface area (Å²) in [6.45, 7) is 2.19. The molecule has 1 N–H and O–H groups in total. The zero-order valence-electron chi connectivity index (χ0n) is 10.0. The Kier molecular flexibility index (Phi) is 4.37. The topological polar surface area (TPSA) is 12.0 Å². The molecule has 0 bridgehead atoms. The number of hydrogen-bond donors (Lipinski definition) is 1. The Morgan fingerprint density at radius 1 is 1.35 bits per heavy atom. The van der Waals surface area contributed by atoms with Gasteiger partial charge < -0.3 is 5.32 Å². The van der Waals surface area contributed by atoms with Crippen LogP contribution >= 0.6 is 27.3 Å². The van der Waals surface area contributed by atoms with Crippen LogP contribution in [0.4, 0.5) is 0 Å². The lowest BCUT2D eigenvalue weighted by atomic mass is 10.0. The molecule has 0 aliphatic carbocycles. The molecule has 0 fully saturated rings. The molecular formula is C14H16BrNS. The summed E-state index contributed by atoms with van der Waals surface area (Å²) >= 11 is 5.29. The van der Waals surface area contributed by atoms with Crippen molar-refractivity contribution in [3.05, 3.63) is 56.2 Å². The van der Waals surface area contributed by atoms with E-state index in [1.165, 1.54) is 16.0 Å². The van der Waals surface area contributed by atoms with Gasteiger partial charge in [0.2, 0.25) is 0 Å². The Morgan fingerprint density at radius 3 is 2.76 bits per heavy atom. The predicted octanol–water partition coefficient (Wildman–Crippen LogP) is 4.38. The SMILES string of the molecule is CCc1cccc(C(NC)c2cc(Br)cs2)c1. The first-order chi connectivity index (χ1) is 8.24. The van der Waals surface area contributed by atoms with E-state index in [-0.39, 0.29) is 6.04 Å². The second-order valence-electron chi connectivity index (χ2n) is 3.99. The molecule has 0 saturated heterocycles. The van der Waals surface area contributed by atoms with Crippen LogP contribution in [0.3, 0.4) is 0 Å². The zero-order chi connectivity index (χ0) is 12.3. The van der Waals surface area contributed by atoms with E-state index in [0.717, 1.165) is 10.9 Å². The Labute approximate surface area is 115 Å². The quantitative estimate of drug-likeness (QED) is 0.883. The fraction of sp³-hybridized carbons (Fsp3) is 0.286. The number of halogens is 1. The maximum absolute atomic E-state index is 3.51. The molecule has 90 valence electrons. The van der Waals surface area contributed by atoms with Crippen LogP contribution in [-0.2, 0) is 6.42 Å². The van der Waals surface area contributed by atoms with Crippen LogP contribution in [0.5, 0.6) is 0 Å². The van der Waals surface area contributed by atoms with Crippen molar-refractivity contribution in [2.45, 2.75) is 19.4 Å². The summed E-state index contributed by atoms with van der Waals surface area (Å²) in [6, 6.07) is 11.3. The predicted molar refractivity (Wildman–Crippen MR) is 78.7 cm³/mol. The average Bonchev–Trinajstić information content (AvgIpc) is 2.77. The molecule has 1 unspecified atom stereocenters. The Bertz CT molecular complexity index is 492. The molecule has 1 aromatic carbocycles. The monoisotopic (exact) mass is 309 g/mol. The minimum atomic E-state index is 0.290. The molecular weight excluding hydrogens is 294 g/mol. The van der Waals surface area contributed by atoms with Crippen LogP contribution < -0.4 is 5.32 Å². The van der Waals surface area contributed by atoms with Gasteiger partial charge in [0.15, 0.2) is 0 Å². The Hall–Kier alpha value is -0.640. The van der Waals surface area contributed by atoms with Gasteiger partial charge in [-0.15, -0.1) is 11.3 Å². The lowest BCUT2D eigenvalue weighted by molar-refractivity contribution is 0.702. The van der Waals surface area contributed by atoms with Crippen LogP contribution in [0.2, 0.25) is 0 Å². The highest BCUT2D eigenvalue weighted by Crippen LogP contribution is 2.30. The van der Waals surface area contributed by atoms with Crippen molar-refractivity contribution < 1.29 is 0 Å². The second-order valence-corrected chi connectivity index (χ2v) is 5.85. The van der Waals surface area contributed by atoms with E-state index in [2.05, 4.69) is 63.9 Å². The lowest BCUT2D eigenvalue weighted by Gasteiger charge is -2.15. The minimum absolute atomic E-state index is 0.290. The highest BCUT2D eigenvalue weighted by atomic mass is 79.9. The van der Waals surface area contributed by atoms with Crippen LogP contribution in [-0.4, -0.2) is 7.05 Å². The first-order valence-electron chi connectivity index (χ1n) is 5.74. The molecule has 1 atom stereocenters. The number of rotatable bonds is 4. The molecule has 1 heterocycles. The summed E-state index contributed by atoms with van der Waals surface area (Å²) in [5, 5.41) is 5.52. The first kappa shape index (κ1) is 12.8. The van der Waals surface area contributed by atoms with Crippen LogP contribution in [0.25, 0.3) is 0 Å². The maximum atomic E-state index is 3.51. The van der Waals surface area contributed by atoms with Gasteiger partial charge in [-0.1, -0.05) is 31.2 Å². The number of hydrogen-bond acceptors (Lipinski definition) is 2. The molecule has 0 aliphatic heterocycles. The van der Waals surface area contributed by atoms with E-state index in [9.17, 15) is 0 Å². The number of benzene rings is 1. The van der Waals surface area contributed by atoms with Crippen molar-refractivity contribution in [2.75, 3.05) is 7.05 Å². The van der Waals surface area contributed by atoms with E-state index in [0.29, 0.717) is 0 Å². The Morgan fingerprint density at radius 2 is 2.18 bits per heavy atom. The molecule has 0 amide bonds. The molecule has 3 heteroatoms. The standard InChI is InChI=1S/C14H16BrNS/c1-3-10-5-4-6-11(7-10)14(16-2)13-8-12(15)9-17-13/h4-9,14,16H,3H2,1-2H3. The summed E-state index contributed by atoms with van der Waals surface area (Å²) in [5.74, 6) is 0. The molecule has 0 spiro atoms. The summed E-state index contributed by atoms with van der Waals surface area (Å²) in [5.41, 5.74) is 2.72. The third-order valence-corrected chi connectivity index (χ3v) is 4.61. The highest BCUT2D eigenvalue weighted by molar-refractivity contribution is 9.10. The maximum Gasteiger partial charge on any atom is 0.0669 e. The van der Waals surface area contributed by atoms with Gasteiger partial charge in [0, 0.05) is 14.7 Å².